The van der Waals surface area contributed by atoms with Crippen LogP contribution in [0.15, 0.2) is 49.1 Å². The van der Waals surface area contributed by atoms with Crippen LogP contribution in [0.4, 0.5) is 5.69 Å². The fourth-order valence-electron chi connectivity index (χ4n) is 5.03. The van der Waals surface area contributed by atoms with Crippen molar-refractivity contribution in [2.24, 2.45) is 18.9 Å². The van der Waals surface area contributed by atoms with Crippen molar-refractivity contribution in [3.63, 3.8) is 0 Å². The van der Waals surface area contributed by atoms with Crippen molar-refractivity contribution < 1.29 is 9.53 Å². The summed E-state index contributed by atoms with van der Waals surface area (Å²) < 4.78 is 7.77. The van der Waals surface area contributed by atoms with Gasteiger partial charge >= 0.3 is 5.97 Å². The number of esters is 1. The topological polar surface area (TPSA) is 60.2 Å². The van der Waals surface area contributed by atoms with Gasteiger partial charge in [-0.1, -0.05) is 56.6 Å². The molecule has 0 spiro atoms. The molecule has 1 saturated heterocycles. The number of halogens is 1. The maximum atomic E-state index is 11.9. The van der Waals surface area contributed by atoms with Crippen LogP contribution in [0.25, 0.3) is 22.3 Å². The van der Waals surface area contributed by atoms with Crippen LogP contribution in [0.2, 0.25) is 5.02 Å². The highest BCUT2D eigenvalue weighted by atomic mass is 35.5. The van der Waals surface area contributed by atoms with Crippen molar-refractivity contribution in [1.29, 1.82) is 0 Å². The van der Waals surface area contributed by atoms with E-state index in [1.54, 1.807) is 10.9 Å². The minimum Gasteiger partial charge on any atom is -0.459 e. The zero-order valence-electron chi connectivity index (χ0n) is 20.6. The number of piperidine rings is 1. The zero-order chi connectivity index (χ0) is 24.5. The molecule has 0 N–H and O–H groups in total. The molecular formula is C27H33ClN4O2. The number of pyridine rings is 1. The molecule has 0 amide bonds. The Balaban J connectivity index is 1.61. The molecule has 1 unspecified atom stereocenters. The lowest BCUT2D eigenvalue weighted by Gasteiger charge is -2.47. The molecule has 3 heterocycles. The van der Waals surface area contributed by atoms with E-state index in [2.05, 4.69) is 60.0 Å². The first-order chi connectivity index (χ1) is 16.2. The highest BCUT2D eigenvalue weighted by Crippen LogP contribution is 2.43. The lowest BCUT2D eigenvalue weighted by Crippen LogP contribution is -2.52. The Morgan fingerprint density at radius 3 is 2.24 bits per heavy atom. The summed E-state index contributed by atoms with van der Waals surface area (Å²) in [5.41, 5.74) is 4.80. The quantitative estimate of drug-likeness (QED) is 0.405. The van der Waals surface area contributed by atoms with E-state index >= 15 is 0 Å². The second-order valence-corrected chi connectivity index (χ2v) is 10.1. The minimum absolute atomic E-state index is 0.211. The number of benzene rings is 1. The largest absolute Gasteiger partial charge is 0.459 e. The Bertz CT molecular complexity index is 1150. The molecule has 6 nitrogen and oxygen atoms in total. The van der Waals surface area contributed by atoms with Crippen molar-refractivity contribution in [3.8, 4) is 22.3 Å². The minimum atomic E-state index is -0.443. The van der Waals surface area contributed by atoms with E-state index in [1.807, 2.05) is 25.6 Å². The molecule has 1 aliphatic heterocycles. The SMILES string of the molecule is CC(=O)OC1(C(C)C(C)C)CCN(c2c(Cl)cncc2-c2ccc(-c3cnn(C)c3)cc2)CC1. The summed E-state index contributed by atoms with van der Waals surface area (Å²) in [6, 6.07) is 8.41. The first-order valence-electron chi connectivity index (χ1n) is 11.9. The van der Waals surface area contributed by atoms with Crippen LogP contribution in [-0.2, 0) is 16.6 Å². The van der Waals surface area contributed by atoms with Gasteiger partial charge < -0.3 is 9.64 Å². The van der Waals surface area contributed by atoms with Crippen LogP contribution in [0.1, 0.15) is 40.5 Å². The first kappa shape index (κ1) is 24.3. The molecule has 4 rings (SSSR count). The maximum Gasteiger partial charge on any atom is 0.303 e. The number of anilines is 1. The predicted molar refractivity (Wildman–Crippen MR) is 137 cm³/mol. The van der Waals surface area contributed by atoms with Gasteiger partial charge in [0.25, 0.3) is 0 Å². The van der Waals surface area contributed by atoms with Crippen LogP contribution in [0.5, 0.6) is 0 Å². The number of aromatic nitrogens is 3. The standard InChI is InChI=1S/C27H33ClN4O2/c1-18(2)19(3)27(34-20(4)33)10-12-32(13-11-27)26-24(15-29-16-25(26)28)22-8-6-21(7-9-22)23-14-30-31(5)17-23/h6-9,14-19H,10-13H2,1-5H3. The average molecular weight is 481 g/mol. The summed E-state index contributed by atoms with van der Waals surface area (Å²) in [7, 11) is 1.92. The highest BCUT2D eigenvalue weighted by Gasteiger charge is 2.44. The molecule has 3 aromatic rings. The molecule has 2 aromatic heterocycles. The number of carbonyl (C=O) groups excluding carboxylic acids is 1. The number of hydrogen-bond acceptors (Lipinski definition) is 5. The molecule has 1 fully saturated rings. The summed E-state index contributed by atoms with van der Waals surface area (Å²) in [6.07, 6.45) is 8.99. The van der Waals surface area contributed by atoms with Crippen LogP contribution < -0.4 is 4.90 Å². The molecular weight excluding hydrogens is 448 g/mol. The predicted octanol–water partition coefficient (Wildman–Crippen LogP) is 6.00. The molecule has 180 valence electrons. The first-order valence-corrected chi connectivity index (χ1v) is 12.3. The molecule has 0 radical (unpaired) electrons. The molecule has 0 saturated carbocycles. The molecule has 0 bridgehead atoms. The normalized spacial score (nSPS) is 16.5. The number of nitrogens with zero attached hydrogens (tertiary/aromatic N) is 4. The van der Waals surface area contributed by atoms with E-state index in [-0.39, 0.29) is 11.9 Å². The van der Waals surface area contributed by atoms with E-state index in [1.165, 1.54) is 6.92 Å². The number of rotatable bonds is 6. The molecule has 1 aliphatic rings. The smallest absolute Gasteiger partial charge is 0.303 e. The lowest BCUT2D eigenvalue weighted by atomic mass is 9.74. The molecule has 0 aliphatic carbocycles. The van der Waals surface area contributed by atoms with E-state index in [0.29, 0.717) is 10.9 Å². The Hall–Kier alpha value is -2.86. The number of ether oxygens (including phenoxy) is 1. The van der Waals surface area contributed by atoms with Gasteiger partial charge in [-0.3, -0.25) is 14.5 Å². The van der Waals surface area contributed by atoms with Gasteiger partial charge in [0.15, 0.2) is 0 Å². The van der Waals surface area contributed by atoms with Crippen LogP contribution >= 0.6 is 11.6 Å². The van der Waals surface area contributed by atoms with Gasteiger partial charge in [-0.05, 0) is 23.0 Å². The van der Waals surface area contributed by atoms with Gasteiger partial charge in [0.1, 0.15) is 5.60 Å². The third-order valence-corrected chi connectivity index (χ3v) is 7.49. The summed E-state index contributed by atoms with van der Waals surface area (Å²) in [5, 5.41) is 4.89. The van der Waals surface area contributed by atoms with E-state index in [9.17, 15) is 4.79 Å². The summed E-state index contributed by atoms with van der Waals surface area (Å²) in [6.45, 7) is 9.60. The van der Waals surface area contributed by atoms with Crippen LogP contribution in [0, 0.1) is 11.8 Å². The second kappa shape index (κ2) is 9.79. The Morgan fingerprint density at radius 2 is 1.68 bits per heavy atom. The Morgan fingerprint density at radius 1 is 1.03 bits per heavy atom. The average Bonchev–Trinajstić information content (AvgIpc) is 3.25. The van der Waals surface area contributed by atoms with Crippen LogP contribution in [0.3, 0.4) is 0 Å². The zero-order valence-corrected chi connectivity index (χ0v) is 21.3. The monoisotopic (exact) mass is 480 g/mol. The Labute approximate surface area is 206 Å². The molecule has 1 aromatic carbocycles. The van der Waals surface area contributed by atoms with Gasteiger partial charge in [0, 0.05) is 69.6 Å². The van der Waals surface area contributed by atoms with Crippen molar-refractivity contribution in [1.82, 2.24) is 14.8 Å². The highest BCUT2D eigenvalue weighted by molar-refractivity contribution is 6.33. The van der Waals surface area contributed by atoms with Gasteiger partial charge in [-0.25, -0.2) is 0 Å². The molecule has 7 heteroatoms. The van der Waals surface area contributed by atoms with Crippen molar-refractivity contribution in [3.05, 3.63) is 54.1 Å². The van der Waals surface area contributed by atoms with E-state index in [0.717, 1.165) is 53.9 Å². The van der Waals surface area contributed by atoms with Gasteiger partial charge in [0.2, 0.25) is 0 Å². The van der Waals surface area contributed by atoms with Crippen molar-refractivity contribution in [2.45, 2.75) is 46.1 Å². The van der Waals surface area contributed by atoms with Gasteiger partial charge in [-0.2, -0.15) is 5.10 Å². The number of hydrogen-bond donors (Lipinski definition) is 0. The van der Waals surface area contributed by atoms with Crippen molar-refractivity contribution in [2.75, 3.05) is 18.0 Å². The van der Waals surface area contributed by atoms with Gasteiger partial charge in [0.05, 0.1) is 16.9 Å². The third-order valence-electron chi connectivity index (χ3n) is 7.21. The lowest BCUT2D eigenvalue weighted by molar-refractivity contribution is -0.168. The number of aryl methyl sites for hydroxylation is 1. The summed E-state index contributed by atoms with van der Waals surface area (Å²) in [5.74, 6) is 0.479. The van der Waals surface area contributed by atoms with E-state index < -0.39 is 5.60 Å². The maximum absolute atomic E-state index is 11.9. The second-order valence-electron chi connectivity index (χ2n) is 9.68. The van der Waals surface area contributed by atoms with Gasteiger partial charge in [-0.15, -0.1) is 0 Å². The third kappa shape index (κ3) is 4.83. The molecule has 1 atom stereocenters. The van der Waals surface area contributed by atoms with E-state index in [4.69, 9.17) is 16.3 Å². The number of carbonyl (C=O) groups is 1. The Kier molecular flexibility index (Phi) is 6.99. The summed E-state index contributed by atoms with van der Waals surface area (Å²) in [4.78, 5) is 18.6. The van der Waals surface area contributed by atoms with Crippen molar-refractivity contribution >= 4 is 23.3 Å². The fourth-order valence-corrected chi connectivity index (χ4v) is 5.30. The molecule has 34 heavy (non-hydrogen) atoms. The fraction of sp³-hybridized carbons (Fsp3) is 0.444. The van der Waals surface area contributed by atoms with Crippen LogP contribution in [-0.4, -0.2) is 39.4 Å². The summed E-state index contributed by atoms with van der Waals surface area (Å²) >= 11 is 6.71.